The molecule has 0 aromatic heterocycles. The first-order chi connectivity index (χ1) is 12.0. The lowest BCUT2D eigenvalue weighted by Gasteiger charge is -2.19. The lowest BCUT2D eigenvalue weighted by molar-refractivity contribution is -0.129. The molecule has 1 atom stereocenters. The Balaban J connectivity index is 2.05. The minimum Gasteiger partial charge on any atom is -0.340 e. The maximum atomic E-state index is 12.9. The van der Waals surface area contributed by atoms with E-state index in [1.54, 1.807) is 37.3 Å². The van der Waals surface area contributed by atoms with Crippen molar-refractivity contribution >= 4 is 17.7 Å². The fourth-order valence-electron chi connectivity index (χ4n) is 2.07. The average molecular weight is 343 g/mol. The van der Waals surface area contributed by atoms with E-state index >= 15 is 0 Å². The molecule has 25 heavy (non-hydrogen) atoms. The normalized spacial score (nSPS) is 11.3. The van der Waals surface area contributed by atoms with E-state index in [4.69, 9.17) is 0 Å². The van der Waals surface area contributed by atoms with Gasteiger partial charge in [0.1, 0.15) is 11.9 Å². The molecule has 0 aliphatic heterocycles. The first-order valence-corrected chi connectivity index (χ1v) is 7.71. The van der Waals surface area contributed by atoms with E-state index in [1.807, 2.05) is 0 Å². The summed E-state index contributed by atoms with van der Waals surface area (Å²) in [5, 5.41) is 2.60. The van der Waals surface area contributed by atoms with Crippen molar-refractivity contribution in [3.8, 4) is 0 Å². The summed E-state index contributed by atoms with van der Waals surface area (Å²) in [6.45, 7) is 1.67. The molecule has 0 heterocycles. The zero-order chi connectivity index (χ0) is 18.2. The second-order valence-electron chi connectivity index (χ2n) is 5.22. The van der Waals surface area contributed by atoms with Gasteiger partial charge in [0, 0.05) is 12.0 Å². The Labute approximate surface area is 144 Å². The van der Waals surface area contributed by atoms with Crippen molar-refractivity contribution in [3.05, 3.63) is 71.5 Å². The molecule has 130 valence electrons. The molecule has 0 aliphatic carbocycles. The van der Waals surface area contributed by atoms with Gasteiger partial charge in [-0.2, -0.15) is 0 Å². The molecule has 0 unspecified atom stereocenters. The number of hydrogen-bond donors (Lipinski definition) is 3. The molecule has 2 aromatic rings. The van der Waals surface area contributed by atoms with Gasteiger partial charge in [-0.05, 0) is 29.8 Å². The van der Waals surface area contributed by atoms with E-state index in [1.165, 1.54) is 12.1 Å². The summed E-state index contributed by atoms with van der Waals surface area (Å²) in [7, 11) is 0. The number of benzene rings is 2. The van der Waals surface area contributed by atoms with Gasteiger partial charge < -0.3 is 5.32 Å². The molecule has 0 saturated carbocycles. The van der Waals surface area contributed by atoms with Crippen molar-refractivity contribution in [1.82, 2.24) is 16.2 Å². The molecule has 0 saturated heterocycles. The standard InChI is InChI=1S/C18H18FN3O3/c1-2-15(23)20-16(12-6-4-3-5-7-12)18(25)22-21-17(24)13-8-10-14(19)11-9-13/h3-11,16H,2H2,1H3,(H,20,23)(H,21,24)(H,22,25)/t16-/m0/s1. The van der Waals surface area contributed by atoms with Crippen molar-refractivity contribution in [3.63, 3.8) is 0 Å². The van der Waals surface area contributed by atoms with E-state index in [0.29, 0.717) is 5.56 Å². The molecular weight excluding hydrogens is 325 g/mol. The Bertz CT molecular complexity index is 748. The Hall–Kier alpha value is -3.22. The van der Waals surface area contributed by atoms with Crippen molar-refractivity contribution in [1.29, 1.82) is 0 Å². The van der Waals surface area contributed by atoms with E-state index < -0.39 is 23.7 Å². The van der Waals surface area contributed by atoms with Crippen LogP contribution < -0.4 is 16.2 Å². The van der Waals surface area contributed by atoms with E-state index in [2.05, 4.69) is 16.2 Å². The van der Waals surface area contributed by atoms with Crippen LogP contribution in [0.3, 0.4) is 0 Å². The Morgan fingerprint density at radius 3 is 2.20 bits per heavy atom. The minimum atomic E-state index is -0.942. The summed E-state index contributed by atoms with van der Waals surface area (Å²) >= 11 is 0. The molecule has 6 nitrogen and oxygen atoms in total. The highest BCUT2D eigenvalue weighted by Gasteiger charge is 2.22. The van der Waals surface area contributed by atoms with E-state index in [0.717, 1.165) is 12.1 Å². The van der Waals surface area contributed by atoms with Crippen molar-refractivity contribution in [2.24, 2.45) is 0 Å². The van der Waals surface area contributed by atoms with Gasteiger partial charge >= 0.3 is 0 Å². The molecule has 0 radical (unpaired) electrons. The highest BCUT2D eigenvalue weighted by Crippen LogP contribution is 2.12. The summed E-state index contributed by atoms with van der Waals surface area (Å²) in [6, 6.07) is 12.6. The molecular formula is C18H18FN3O3. The molecule has 7 heteroatoms. The van der Waals surface area contributed by atoms with Crippen LogP contribution in [0.15, 0.2) is 54.6 Å². The monoisotopic (exact) mass is 343 g/mol. The predicted octanol–water partition coefficient (Wildman–Crippen LogP) is 1.85. The van der Waals surface area contributed by atoms with E-state index in [-0.39, 0.29) is 17.9 Å². The van der Waals surface area contributed by atoms with Crippen LogP contribution in [0.4, 0.5) is 4.39 Å². The average Bonchev–Trinajstić information content (AvgIpc) is 2.64. The lowest BCUT2D eigenvalue weighted by Crippen LogP contribution is -2.48. The number of nitrogens with one attached hydrogen (secondary N) is 3. The predicted molar refractivity (Wildman–Crippen MR) is 89.6 cm³/mol. The summed E-state index contributed by atoms with van der Waals surface area (Å²) < 4.78 is 12.9. The highest BCUT2D eigenvalue weighted by atomic mass is 19.1. The van der Waals surface area contributed by atoms with Gasteiger partial charge in [-0.3, -0.25) is 25.2 Å². The third-order valence-corrected chi connectivity index (χ3v) is 3.43. The molecule has 2 rings (SSSR count). The smallest absolute Gasteiger partial charge is 0.269 e. The number of carbonyl (C=O) groups is 3. The second kappa shape index (κ2) is 8.58. The molecule has 0 fully saturated rings. The van der Waals surface area contributed by atoms with Crippen molar-refractivity contribution in [2.75, 3.05) is 0 Å². The molecule has 0 bridgehead atoms. The molecule has 2 aromatic carbocycles. The summed E-state index contributed by atoms with van der Waals surface area (Å²) in [5.41, 5.74) is 5.30. The van der Waals surface area contributed by atoms with Gasteiger partial charge in [0.05, 0.1) is 0 Å². The van der Waals surface area contributed by atoms with Crippen LogP contribution in [0.2, 0.25) is 0 Å². The van der Waals surface area contributed by atoms with Gasteiger partial charge in [0.15, 0.2) is 0 Å². The maximum Gasteiger partial charge on any atom is 0.269 e. The van der Waals surface area contributed by atoms with Gasteiger partial charge in [-0.1, -0.05) is 37.3 Å². The largest absolute Gasteiger partial charge is 0.340 e. The Morgan fingerprint density at radius 1 is 0.960 bits per heavy atom. The molecule has 3 amide bonds. The third kappa shape index (κ3) is 5.13. The first-order valence-electron chi connectivity index (χ1n) is 7.71. The minimum absolute atomic E-state index is 0.190. The van der Waals surface area contributed by atoms with Crippen LogP contribution in [0, 0.1) is 5.82 Å². The van der Waals surface area contributed by atoms with Crippen LogP contribution >= 0.6 is 0 Å². The van der Waals surface area contributed by atoms with Gasteiger partial charge in [-0.25, -0.2) is 4.39 Å². The van der Waals surface area contributed by atoms with Crippen LogP contribution in [0.1, 0.15) is 35.3 Å². The summed E-state index contributed by atoms with van der Waals surface area (Å²) in [6.07, 6.45) is 0.221. The summed E-state index contributed by atoms with van der Waals surface area (Å²) in [5.74, 6) is -1.95. The Kier molecular flexibility index (Phi) is 6.22. The second-order valence-corrected chi connectivity index (χ2v) is 5.22. The number of hydrogen-bond acceptors (Lipinski definition) is 3. The van der Waals surface area contributed by atoms with Gasteiger partial charge in [0.2, 0.25) is 5.91 Å². The third-order valence-electron chi connectivity index (χ3n) is 3.43. The number of carbonyl (C=O) groups excluding carboxylic acids is 3. The topological polar surface area (TPSA) is 87.3 Å². The quantitative estimate of drug-likeness (QED) is 0.724. The zero-order valence-corrected chi connectivity index (χ0v) is 13.6. The van der Waals surface area contributed by atoms with Crippen LogP contribution in [-0.2, 0) is 9.59 Å². The molecule has 0 aliphatic rings. The first kappa shape index (κ1) is 18.1. The van der Waals surface area contributed by atoms with Crippen LogP contribution in [0.5, 0.6) is 0 Å². The number of rotatable bonds is 5. The maximum absolute atomic E-state index is 12.9. The highest BCUT2D eigenvalue weighted by molar-refractivity contribution is 5.96. The fraction of sp³-hybridized carbons (Fsp3) is 0.167. The molecule has 0 spiro atoms. The van der Waals surface area contributed by atoms with Crippen molar-refractivity contribution in [2.45, 2.75) is 19.4 Å². The van der Waals surface area contributed by atoms with Gasteiger partial charge in [-0.15, -0.1) is 0 Å². The SMILES string of the molecule is CCC(=O)N[C@H](C(=O)NNC(=O)c1ccc(F)cc1)c1ccccc1. The fourth-order valence-corrected chi connectivity index (χ4v) is 2.07. The van der Waals surface area contributed by atoms with Crippen LogP contribution in [-0.4, -0.2) is 17.7 Å². The summed E-state index contributed by atoms with van der Waals surface area (Å²) in [4.78, 5) is 36.0. The number of amides is 3. The zero-order valence-electron chi connectivity index (χ0n) is 13.6. The Morgan fingerprint density at radius 2 is 1.60 bits per heavy atom. The van der Waals surface area contributed by atoms with Crippen LogP contribution in [0.25, 0.3) is 0 Å². The lowest BCUT2D eigenvalue weighted by atomic mass is 10.1. The van der Waals surface area contributed by atoms with Crippen molar-refractivity contribution < 1.29 is 18.8 Å². The molecule has 3 N–H and O–H groups in total. The number of hydrazine groups is 1. The number of halogens is 1. The van der Waals surface area contributed by atoms with E-state index in [9.17, 15) is 18.8 Å². The van der Waals surface area contributed by atoms with Gasteiger partial charge in [0.25, 0.3) is 11.8 Å².